The number of benzene rings is 2. The molecular formula is C22H16ClN5OS2. The molecule has 0 fully saturated rings. The number of hydrogen-bond donors (Lipinski definition) is 1. The van der Waals surface area contributed by atoms with Crippen LogP contribution in [-0.2, 0) is 12.8 Å². The van der Waals surface area contributed by atoms with Crippen molar-refractivity contribution in [2.45, 2.75) is 10.9 Å². The van der Waals surface area contributed by atoms with Gasteiger partial charge in [0.25, 0.3) is 5.56 Å². The first kappa shape index (κ1) is 20.0. The summed E-state index contributed by atoms with van der Waals surface area (Å²) >= 11 is 9.25. The molecule has 0 unspecified atom stereocenters. The van der Waals surface area contributed by atoms with Crippen LogP contribution in [0.2, 0.25) is 5.02 Å². The van der Waals surface area contributed by atoms with Gasteiger partial charge in [-0.25, -0.2) is 4.98 Å². The van der Waals surface area contributed by atoms with Crippen LogP contribution in [0.15, 0.2) is 69.9 Å². The Kier molecular flexibility index (Phi) is 5.35. The molecule has 0 bridgehead atoms. The third-order valence-corrected chi connectivity index (χ3v) is 7.10. The average Bonchev–Trinajstić information content (AvgIpc) is 3.37. The number of nitrogens with zero attached hydrogens (tertiary/aromatic N) is 4. The Morgan fingerprint density at radius 2 is 1.84 bits per heavy atom. The van der Waals surface area contributed by atoms with Crippen molar-refractivity contribution in [1.82, 2.24) is 24.7 Å². The topological polar surface area (TPSA) is 76.5 Å². The molecule has 3 heterocycles. The van der Waals surface area contributed by atoms with E-state index in [0.717, 1.165) is 27.7 Å². The van der Waals surface area contributed by atoms with Gasteiger partial charge in [0.15, 0.2) is 11.0 Å². The summed E-state index contributed by atoms with van der Waals surface area (Å²) in [6.45, 7) is 0. The lowest BCUT2D eigenvalue weighted by atomic mass is 10.1. The molecule has 3 aromatic heterocycles. The van der Waals surface area contributed by atoms with Crippen molar-refractivity contribution < 1.29 is 0 Å². The average molecular weight is 466 g/mol. The van der Waals surface area contributed by atoms with Crippen molar-refractivity contribution in [2.75, 3.05) is 0 Å². The number of rotatable bonds is 5. The van der Waals surface area contributed by atoms with Crippen molar-refractivity contribution in [3.8, 4) is 22.5 Å². The van der Waals surface area contributed by atoms with E-state index in [1.807, 2.05) is 71.6 Å². The van der Waals surface area contributed by atoms with Crippen molar-refractivity contribution >= 4 is 44.9 Å². The molecule has 2 aromatic carbocycles. The standard InChI is InChI=1S/C22H16ClN5OS2/c1-28-19(13-7-3-2-4-8-13)26-27-22(28)31-12-17-24-20(29)18-15(11-30-21(18)25-17)14-9-5-6-10-16(14)23/h2-11H,12H2,1H3,(H,24,25,29). The molecule has 154 valence electrons. The van der Waals surface area contributed by atoms with Gasteiger partial charge in [-0.1, -0.05) is 71.9 Å². The summed E-state index contributed by atoms with van der Waals surface area (Å²) in [4.78, 5) is 21.1. The molecule has 5 rings (SSSR count). The van der Waals surface area contributed by atoms with Crippen LogP contribution in [0.3, 0.4) is 0 Å². The van der Waals surface area contributed by atoms with Gasteiger partial charge in [0, 0.05) is 34.1 Å². The summed E-state index contributed by atoms with van der Waals surface area (Å²) in [5, 5.41) is 12.4. The van der Waals surface area contributed by atoms with Crippen LogP contribution in [0.1, 0.15) is 5.82 Å². The van der Waals surface area contributed by atoms with Crippen LogP contribution in [0.4, 0.5) is 0 Å². The highest BCUT2D eigenvalue weighted by Gasteiger charge is 2.16. The van der Waals surface area contributed by atoms with Gasteiger partial charge >= 0.3 is 0 Å². The number of nitrogens with one attached hydrogen (secondary N) is 1. The zero-order valence-electron chi connectivity index (χ0n) is 16.4. The highest BCUT2D eigenvalue weighted by molar-refractivity contribution is 7.98. The maximum Gasteiger partial charge on any atom is 0.260 e. The van der Waals surface area contributed by atoms with Gasteiger partial charge in [0.1, 0.15) is 10.7 Å². The second-order valence-electron chi connectivity index (χ2n) is 6.84. The third-order valence-electron chi connectivity index (χ3n) is 4.86. The number of aromatic nitrogens is 5. The van der Waals surface area contributed by atoms with Crippen molar-refractivity contribution in [3.05, 3.63) is 81.2 Å². The first-order valence-corrected chi connectivity index (χ1v) is 11.7. The van der Waals surface area contributed by atoms with Gasteiger partial charge in [-0.2, -0.15) is 0 Å². The van der Waals surface area contributed by atoms with E-state index in [-0.39, 0.29) is 5.56 Å². The number of H-pyrrole nitrogens is 1. The van der Waals surface area contributed by atoms with Gasteiger partial charge in [-0.15, -0.1) is 21.5 Å². The first-order valence-electron chi connectivity index (χ1n) is 9.44. The molecule has 1 N–H and O–H groups in total. The predicted octanol–water partition coefficient (Wildman–Crippen LogP) is 5.39. The highest BCUT2D eigenvalue weighted by atomic mass is 35.5. The zero-order chi connectivity index (χ0) is 21.4. The third kappa shape index (κ3) is 3.78. The van der Waals surface area contributed by atoms with Crippen molar-refractivity contribution in [3.63, 3.8) is 0 Å². The molecule has 0 aliphatic carbocycles. The van der Waals surface area contributed by atoms with Gasteiger partial charge in [0.2, 0.25) is 0 Å². The number of halogens is 1. The monoisotopic (exact) mass is 465 g/mol. The van der Waals surface area contributed by atoms with E-state index in [2.05, 4.69) is 20.2 Å². The Labute approximate surface area is 191 Å². The Morgan fingerprint density at radius 3 is 2.65 bits per heavy atom. The molecule has 0 radical (unpaired) electrons. The van der Waals surface area contributed by atoms with Crippen LogP contribution in [0.5, 0.6) is 0 Å². The van der Waals surface area contributed by atoms with Crippen LogP contribution in [0.25, 0.3) is 32.7 Å². The summed E-state index contributed by atoms with van der Waals surface area (Å²) in [5.74, 6) is 1.87. The van der Waals surface area contributed by atoms with E-state index >= 15 is 0 Å². The molecule has 0 saturated carbocycles. The van der Waals surface area contributed by atoms with E-state index in [0.29, 0.717) is 26.8 Å². The number of aromatic amines is 1. The lowest BCUT2D eigenvalue weighted by Crippen LogP contribution is -2.11. The SMILES string of the molecule is Cn1c(SCc2nc3scc(-c4ccccc4Cl)c3c(=O)[nH]2)nnc1-c1ccccc1. The molecule has 0 aliphatic heterocycles. The minimum atomic E-state index is -0.167. The molecule has 6 nitrogen and oxygen atoms in total. The van der Waals surface area contributed by atoms with E-state index in [4.69, 9.17) is 11.6 Å². The Bertz CT molecular complexity index is 1440. The quantitative estimate of drug-likeness (QED) is 0.352. The van der Waals surface area contributed by atoms with Crippen LogP contribution >= 0.6 is 34.7 Å². The van der Waals surface area contributed by atoms with Crippen molar-refractivity contribution in [2.24, 2.45) is 7.05 Å². The minimum absolute atomic E-state index is 0.167. The first-order chi connectivity index (χ1) is 15.1. The molecule has 9 heteroatoms. The maximum atomic E-state index is 12.9. The van der Waals surface area contributed by atoms with E-state index in [1.165, 1.54) is 23.1 Å². The number of thioether (sulfide) groups is 1. The fraction of sp³-hybridized carbons (Fsp3) is 0.0909. The lowest BCUT2D eigenvalue weighted by Gasteiger charge is -2.05. The number of fused-ring (bicyclic) bond motifs is 1. The highest BCUT2D eigenvalue weighted by Crippen LogP contribution is 2.35. The molecule has 0 saturated heterocycles. The van der Waals surface area contributed by atoms with E-state index in [1.54, 1.807) is 0 Å². The van der Waals surface area contributed by atoms with Gasteiger partial charge in [-0.05, 0) is 6.07 Å². The zero-order valence-corrected chi connectivity index (χ0v) is 18.8. The van der Waals surface area contributed by atoms with E-state index < -0.39 is 0 Å². The molecule has 0 amide bonds. The summed E-state index contributed by atoms with van der Waals surface area (Å²) in [6, 6.07) is 17.4. The summed E-state index contributed by atoms with van der Waals surface area (Å²) in [7, 11) is 1.93. The second-order valence-corrected chi connectivity index (χ2v) is 9.05. The Balaban J connectivity index is 1.42. The minimum Gasteiger partial charge on any atom is -0.309 e. The van der Waals surface area contributed by atoms with Gasteiger partial charge in [-0.3, -0.25) is 4.79 Å². The van der Waals surface area contributed by atoms with Crippen LogP contribution < -0.4 is 5.56 Å². The summed E-state index contributed by atoms with van der Waals surface area (Å²) < 4.78 is 1.94. The summed E-state index contributed by atoms with van der Waals surface area (Å²) in [6.07, 6.45) is 0. The fourth-order valence-electron chi connectivity index (χ4n) is 3.35. The number of hydrogen-bond acceptors (Lipinski definition) is 6. The van der Waals surface area contributed by atoms with Crippen molar-refractivity contribution in [1.29, 1.82) is 0 Å². The molecule has 5 aromatic rings. The summed E-state index contributed by atoms with van der Waals surface area (Å²) in [5.41, 5.74) is 2.47. The number of thiophene rings is 1. The van der Waals surface area contributed by atoms with Crippen LogP contribution in [-0.4, -0.2) is 24.7 Å². The Morgan fingerprint density at radius 1 is 1.06 bits per heavy atom. The predicted molar refractivity (Wildman–Crippen MR) is 127 cm³/mol. The second kappa shape index (κ2) is 8.30. The Hall–Kier alpha value is -2.94. The maximum absolute atomic E-state index is 12.9. The fourth-order valence-corrected chi connectivity index (χ4v) is 5.33. The molecule has 0 aliphatic rings. The lowest BCUT2D eigenvalue weighted by molar-refractivity contribution is 0.793. The smallest absolute Gasteiger partial charge is 0.260 e. The molecule has 31 heavy (non-hydrogen) atoms. The van der Waals surface area contributed by atoms with E-state index in [9.17, 15) is 4.79 Å². The van der Waals surface area contributed by atoms with Crippen LogP contribution in [0, 0.1) is 0 Å². The molecular weight excluding hydrogens is 450 g/mol. The molecule has 0 spiro atoms. The molecule has 0 atom stereocenters. The largest absolute Gasteiger partial charge is 0.309 e. The van der Waals surface area contributed by atoms with Gasteiger partial charge in [0.05, 0.1) is 11.1 Å². The van der Waals surface area contributed by atoms with Gasteiger partial charge < -0.3 is 9.55 Å². The normalized spacial score (nSPS) is 11.3.